The summed E-state index contributed by atoms with van der Waals surface area (Å²) in [5.41, 5.74) is 2.22. The van der Waals surface area contributed by atoms with Gasteiger partial charge in [-0.05, 0) is 30.7 Å². The SMILES string of the molecule is COCc1cc(=O)[nH]c(-c2ccc(Cl)cc2C)n1. The van der Waals surface area contributed by atoms with Gasteiger partial charge in [0.1, 0.15) is 5.82 Å². The first kappa shape index (κ1) is 12.8. The Morgan fingerprint density at radius 3 is 2.83 bits per heavy atom. The highest BCUT2D eigenvalue weighted by Crippen LogP contribution is 2.22. The minimum atomic E-state index is -0.193. The Labute approximate surface area is 110 Å². The Hall–Kier alpha value is -1.65. The van der Waals surface area contributed by atoms with E-state index in [1.807, 2.05) is 19.1 Å². The number of H-pyrrole nitrogens is 1. The van der Waals surface area contributed by atoms with Crippen LogP contribution in [-0.4, -0.2) is 17.1 Å². The molecule has 0 fully saturated rings. The molecule has 0 unspecified atom stereocenters. The molecular weight excluding hydrogens is 252 g/mol. The predicted octanol–water partition coefficient (Wildman–Crippen LogP) is 2.55. The van der Waals surface area contributed by atoms with Crippen LogP contribution in [0, 0.1) is 6.92 Å². The Morgan fingerprint density at radius 1 is 1.39 bits per heavy atom. The van der Waals surface area contributed by atoms with Gasteiger partial charge in [-0.15, -0.1) is 0 Å². The van der Waals surface area contributed by atoms with Crippen LogP contribution in [0.25, 0.3) is 11.4 Å². The Morgan fingerprint density at radius 2 is 2.17 bits per heavy atom. The van der Waals surface area contributed by atoms with E-state index in [4.69, 9.17) is 16.3 Å². The number of ether oxygens (including phenoxy) is 1. The van der Waals surface area contributed by atoms with Gasteiger partial charge in [0, 0.05) is 23.8 Å². The second kappa shape index (κ2) is 5.33. The number of aryl methyl sites for hydroxylation is 1. The summed E-state index contributed by atoms with van der Waals surface area (Å²) in [6, 6.07) is 6.87. The second-order valence-corrected chi connectivity index (χ2v) is 4.41. The molecular formula is C13H13ClN2O2. The molecule has 94 valence electrons. The molecule has 0 spiro atoms. The van der Waals surface area contributed by atoms with Gasteiger partial charge in [0.25, 0.3) is 5.56 Å². The lowest BCUT2D eigenvalue weighted by atomic mass is 10.1. The topological polar surface area (TPSA) is 55.0 Å². The lowest BCUT2D eigenvalue weighted by molar-refractivity contribution is 0.181. The minimum absolute atomic E-state index is 0.193. The van der Waals surface area contributed by atoms with Crippen molar-refractivity contribution in [2.75, 3.05) is 7.11 Å². The number of halogens is 1. The molecule has 0 saturated carbocycles. The van der Waals surface area contributed by atoms with E-state index in [1.165, 1.54) is 6.07 Å². The Bertz CT molecular complexity index is 623. The van der Waals surface area contributed by atoms with Crippen molar-refractivity contribution in [2.45, 2.75) is 13.5 Å². The number of nitrogens with one attached hydrogen (secondary N) is 1. The average molecular weight is 265 g/mol. The van der Waals surface area contributed by atoms with Crippen LogP contribution < -0.4 is 5.56 Å². The van der Waals surface area contributed by atoms with Gasteiger partial charge in [0.05, 0.1) is 12.3 Å². The van der Waals surface area contributed by atoms with Gasteiger partial charge in [-0.3, -0.25) is 4.79 Å². The van der Waals surface area contributed by atoms with Crippen LogP contribution in [0.2, 0.25) is 5.02 Å². The fraction of sp³-hybridized carbons (Fsp3) is 0.231. The van der Waals surface area contributed by atoms with Crippen molar-refractivity contribution in [3.63, 3.8) is 0 Å². The third-order valence-corrected chi connectivity index (χ3v) is 2.77. The molecule has 0 amide bonds. The number of nitrogens with zero attached hydrogens (tertiary/aromatic N) is 1. The summed E-state index contributed by atoms with van der Waals surface area (Å²) in [5.74, 6) is 0.531. The summed E-state index contributed by atoms with van der Waals surface area (Å²) in [7, 11) is 1.57. The minimum Gasteiger partial charge on any atom is -0.378 e. The quantitative estimate of drug-likeness (QED) is 0.927. The zero-order valence-corrected chi connectivity index (χ0v) is 10.9. The van der Waals surface area contributed by atoms with E-state index in [9.17, 15) is 4.79 Å². The van der Waals surface area contributed by atoms with Crippen LogP contribution in [0.5, 0.6) is 0 Å². The van der Waals surface area contributed by atoms with E-state index in [0.717, 1.165) is 11.1 Å². The van der Waals surface area contributed by atoms with Crippen molar-refractivity contribution in [1.29, 1.82) is 0 Å². The Kier molecular flexibility index (Phi) is 3.79. The highest BCUT2D eigenvalue weighted by atomic mass is 35.5. The molecule has 18 heavy (non-hydrogen) atoms. The van der Waals surface area contributed by atoms with Crippen LogP contribution in [0.4, 0.5) is 0 Å². The maximum absolute atomic E-state index is 11.6. The number of aromatic amines is 1. The molecule has 4 nitrogen and oxygen atoms in total. The smallest absolute Gasteiger partial charge is 0.251 e. The van der Waals surface area contributed by atoms with Crippen LogP contribution in [-0.2, 0) is 11.3 Å². The second-order valence-electron chi connectivity index (χ2n) is 3.98. The third kappa shape index (κ3) is 2.78. The predicted molar refractivity (Wildman–Crippen MR) is 70.8 cm³/mol. The third-order valence-electron chi connectivity index (χ3n) is 2.53. The Balaban J connectivity index is 2.53. The molecule has 2 rings (SSSR count). The number of rotatable bonds is 3. The number of methoxy groups -OCH3 is 1. The molecule has 5 heteroatoms. The lowest BCUT2D eigenvalue weighted by Gasteiger charge is -2.07. The first-order valence-electron chi connectivity index (χ1n) is 5.46. The molecule has 0 aliphatic carbocycles. The van der Waals surface area contributed by atoms with Crippen LogP contribution in [0.3, 0.4) is 0 Å². The molecule has 0 saturated heterocycles. The van der Waals surface area contributed by atoms with Gasteiger partial charge < -0.3 is 9.72 Å². The van der Waals surface area contributed by atoms with E-state index in [1.54, 1.807) is 13.2 Å². The summed E-state index contributed by atoms with van der Waals surface area (Å²) in [4.78, 5) is 18.6. The van der Waals surface area contributed by atoms with Gasteiger partial charge in [-0.2, -0.15) is 0 Å². The normalized spacial score (nSPS) is 10.6. The highest BCUT2D eigenvalue weighted by molar-refractivity contribution is 6.30. The monoisotopic (exact) mass is 264 g/mol. The molecule has 0 bridgehead atoms. The molecule has 1 heterocycles. The molecule has 1 N–H and O–H groups in total. The van der Waals surface area contributed by atoms with Gasteiger partial charge in [-0.1, -0.05) is 11.6 Å². The largest absolute Gasteiger partial charge is 0.378 e. The number of hydrogen-bond acceptors (Lipinski definition) is 3. The molecule has 0 atom stereocenters. The summed E-state index contributed by atoms with van der Waals surface area (Å²) in [6.45, 7) is 2.23. The van der Waals surface area contributed by atoms with E-state index in [0.29, 0.717) is 23.1 Å². The van der Waals surface area contributed by atoms with Gasteiger partial charge >= 0.3 is 0 Å². The fourth-order valence-electron chi connectivity index (χ4n) is 1.75. The standard InChI is InChI=1S/C13H13ClN2O2/c1-8-5-9(14)3-4-11(8)13-15-10(7-18-2)6-12(17)16-13/h3-6H,7H2,1-2H3,(H,15,16,17). The van der Waals surface area contributed by atoms with Crippen molar-refractivity contribution >= 4 is 11.6 Å². The van der Waals surface area contributed by atoms with Gasteiger partial charge in [-0.25, -0.2) is 4.98 Å². The number of benzene rings is 1. The molecule has 1 aromatic carbocycles. The number of aromatic nitrogens is 2. The fourth-order valence-corrected chi connectivity index (χ4v) is 1.98. The number of hydrogen-bond donors (Lipinski definition) is 1. The van der Waals surface area contributed by atoms with Crippen LogP contribution in [0.1, 0.15) is 11.3 Å². The summed E-state index contributed by atoms with van der Waals surface area (Å²) in [5, 5.41) is 0.659. The maximum atomic E-state index is 11.6. The van der Waals surface area contributed by atoms with E-state index < -0.39 is 0 Å². The summed E-state index contributed by atoms with van der Waals surface area (Å²) >= 11 is 5.90. The van der Waals surface area contributed by atoms with Gasteiger partial charge in [0.15, 0.2) is 0 Å². The highest BCUT2D eigenvalue weighted by Gasteiger charge is 2.07. The summed E-state index contributed by atoms with van der Waals surface area (Å²) in [6.07, 6.45) is 0. The van der Waals surface area contributed by atoms with Crippen molar-refractivity contribution in [2.24, 2.45) is 0 Å². The molecule has 0 aliphatic heterocycles. The van der Waals surface area contributed by atoms with E-state index in [-0.39, 0.29) is 5.56 Å². The first-order chi connectivity index (χ1) is 8.60. The molecule has 0 aliphatic rings. The van der Waals surface area contributed by atoms with Crippen LogP contribution >= 0.6 is 11.6 Å². The lowest BCUT2D eigenvalue weighted by Crippen LogP contribution is -2.11. The van der Waals surface area contributed by atoms with Crippen LogP contribution in [0.15, 0.2) is 29.1 Å². The van der Waals surface area contributed by atoms with Crippen molar-refractivity contribution < 1.29 is 4.74 Å². The van der Waals surface area contributed by atoms with Crippen molar-refractivity contribution in [1.82, 2.24) is 9.97 Å². The molecule has 0 radical (unpaired) electrons. The molecule has 2 aromatic rings. The van der Waals surface area contributed by atoms with Crippen molar-refractivity contribution in [3.8, 4) is 11.4 Å². The van der Waals surface area contributed by atoms with E-state index in [2.05, 4.69) is 9.97 Å². The van der Waals surface area contributed by atoms with Gasteiger partial charge in [0.2, 0.25) is 0 Å². The van der Waals surface area contributed by atoms with E-state index >= 15 is 0 Å². The average Bonchev–Trinajstić information content (AvgIpc) is 2.28. The summed E-state index contributed by atoms with van der Waals surface area (Å²) < 4.78 is 4.99. The maximum Gasteiger partial charge on any atom is 0.251 e. The zero-order valence-electron chi connectivity index (χ0n) is 10.2. The van der Waals surface area contributed by atoms with Crippen molar-refractivity contribution in [3.05, 3.63) is 50.9 Å². The molecule has 1 aromatic heterocycles. The first-order valence-corrected chi connectivity index (χ1v) is 5.83. The zero-order chi connectivity index (χ0) is 13.1.